The summed E-state index contributed by atoms with van der Waals surface area (Å²) in [6, 6.07) is 8.78. The molecule has 1 spiro atoms. The number of nitrogens with one attached hydrogen (secondary N) is 1. The summed E-state index contributed by atoms with van der Waals surface area (Å²) in [7, 11) is 2.18. The van der Waals surface area contributed by atoms with Crippen LogP contribution in [0.3, 0.4) is 0 Å². The number of hydrogen-bond acceptors (Lipinski definition) is 6. The third-order valence-corrected chi connectivity index (χ3v) is 6.02. The van der Waals surface area contributed by atoms with Crippen LogP contribution in [0.4, 0.5) is 5.82 Å². The van der Waals surface area contributed by atoms with Crippen LogP contribution < -0.4 is 5.32 Å². The van der Waals surface area contributed by atoms with E-state index in [1.165, 1.54) is 6.42 Å². The molecule has 0 radical (unpaired) electrons. The van der Waals surface area contributed by atoms with E-state index in [2.05, 4.69) is 36.3 Å². The van der Waals surface area contributed by atoms with Crippen LogP contribution in [-0.4, -0.2) is 53.5 Å². The lowest BCUT2D eigenvalue weighted by Gasteiger charge is -2.38. The molecule has 1 aromatic heterocycles. The number of aromatic nitrogens is 2. The molecule has 2 aromatic rings. The van der Waals surface area contributed by atoms with Crippen LogP contribution in [-0.2, 0) is 16.0 Å². The number of hydrogen-bond donors (Lipinski definition) is 1. The van der Waals surface area contributed by atoms with Crippen LogP contribution in [0.5, 0.6) is 0 Å². The quantitative estimate of drug-likeness (QED) is 0.729. The molecule has 2 heterocycles. The van der Waals surface area contributed by atoms with Crippen molar-refractivity contribution in [2.45, 2.75) is 63.8 Å². The Morgan fingerprint density at radius 2 is 1.89 bits per heavy atom. The molecule has 4 rings (SSSR count). The van der Waals surface area contributed by atoms with Crippen LogP contribution in [0, 0.1) is 0 Å². The minimum absolute atomic E-state index is 0.298. The van der Waals surface area contributed by atoms with Crippen LogP contribution >= 0.6 is 0 Å². The summed E-state index contributed by atoms with van der Waals surface area (Å²) in [6.45, 7) is 5.37. The fourth-order valence-electron chi connectivity index (χ4n) is 4.33. The topological polar surface area (TPSA) is 59.5 Å². The Morgan fingerprint density at radius 3 is 2.64 bits per heavy atom. The zero-order chi connectivity index (χ0) is 19.4. The number of anilines is 1. The first-order valence-corrected chi connectivity index (χ1v) is 10.7. The SMILES string of the molecule is CCCCNc1nc(CN(C)C2CCC3(CC2)OCCO3)nc2ccccc12. The Labute approximate surface area is 167 Å². The van der Waals surface area contributed by atoms with Crippen molar-refractivity contribution in [3.8, 4) is 0 Å². The van der Waals surface area contributed by atoms with Gasteiger partial charge in [0.05, 0.1) is 25.3 Å². The van der Waals surface area contributed by atoms with E-state index in [1.807, 2.05) is 12.1 Å². The van der Waals surface area contributed by atoms with Crippen molar-refractivity contribution in [3.05, 3.63) is 30.1 Å². The van der Waals surface area contributed by atoms with E-state index in [9.17, 15) is 0 Å². The maximum Gasteiger partial charge on any atom is 0.168 e. The minimum atomic E-state index is -0.298. The molecule has 0 amide bonds. The summed E-state index contributed by atoms with van der Waals surface area (Å²) >= 11 is 0. The van der Waals surface area contributed by atoms with E-state index in [4.69, 9.17) is 19.4 Å². The molecule has 1 saturated carbocycles. The molecule has 1 aromatic carbocycles. The normalized spacial score (nSPS) is 19.7. The van der Waals surface area contributed by atoms with Gasteiger partial charge in [0.15, 0.2) is 5.79 Å². The minimum Gasteiger partial charge on any atom is -0.369 e. The van der Waals surface area contributed by atoms with Gasteiger partial charge < -0.3 is 14.8 Å². The van der Waals surface area contributed by atoms with E-state index in [0.29, 0.717) is 6.04 Å². The summed E-state index contributed by atoms with van der Waals surface area (Å²) in [5, 5.41) is 4.61. The average molecular weight is 385 g/mol. The standard InChI is InChI=1S/C22H32N4O2/c1-3-4-13-23-21-18-7-5-6-8-19(18)24-20(25-21)16-26(2)17-9-11-22(12-10-17)27-14-15-28-22/h5-8,17H,3-4,9-16H2,1-2H3,(H,23,24,25). The van der Waals surface area contributed by atoms with E-state index in [0.717, 1.165) is 81.0 Å². The summed E-state index contributed by atoms with van der Waals surface area (Å²) < 4.78 is 11.7. The lowest BCUT2D eigenvalue weighted by atomic mass is 9.89. The largest absolute Gasteiger partial charge is 0.369 e. The molecule has 0 atom stereocenters. The molecule has 6 nitrogen and oxygen atoms in total. The molecule has 2 aliphatic rings. The maximum atomic E-state index is 5.86. The van der Waals surface area contributed by atoms with Crippen molar-refractivity contribution in [1.82, 2.24) is 14.9 Å². The second-order valence-corrected chi connectivity index (χ2v) is 8.04. The van der Waals surface area contributed by atoms with E-state index in [-0.39, 0.29) is 5.79 Å². The highest BCUT2D eigenvalue weighted by Gasteiger charge is 2.41. The Kier molecular flexibility index (Phi) is 6.09. The van der Waals surface area contributed by atoms with Gasteiger partial charge in [-0.2, -0.15) is 0 Å². The van der Waals surface area contributed by atoms with Gasteiger partial charge in [0.1, 0.15) is 11.6 Å². The maximum absolute atomic E-state index is 5.86. The smallest absolute Gasteiger partial charge is 0.168 e. The highest BCUT2D eigenvalue weighted by Crippen LogP contribution is 2.37. The van der Waals surface area contributed by atoms with Gasteiger partial charge in [0, 0.05) is 30.8 Å². The monoisotopic (exact) mass is 384 g/mol. The van der Waals surface area contributed by atoms with Crippen molar-refractivity contribution in [2.75, 3.05) is 32.1 Å². The summed E-state index contributed by atoms with van der Waals surface area (Å²) in [5.41, 5.74) is 1.01. The van der Waals surface area contributed by atoms with E-state index >= 15 is 0 Å². The van der Waals surface area contributed by atoms with Crippen molar-refractivity contribution in [1.29, 1.82) is 0 Å². The number of benzene rings is 1. The molecular formula is C22H32N4O2. The van der Waals surface area contributed by atoms with Crippen LogP contribution in [0.15, 0.2) is 24.3 Å². The van der Waals surface area contributed by atoms with Crippen molar-refractivity contribution >= 4 is 16.7 Å². The molecule has 152 valence electrons. The number of nitrogens with zero attached hydrogens (tertiary/aromatic N) is 3. The first kappa shape index (κ1) is 19.6. The lowest BCUT2D eigenvalue weighted by molar-refractivity contribution is -0.183. The Morgan fingerprint density at radius 1 is 1.14 bits per heavy atom. The third kappa shape index (κ3) is 4.29. The highest BCUT2D eigenvalue weighted by molar-refractivity contribution is 5.88. The third-order valence-electron chi connectivity index (χ3n) is 6.02. The van der Waals surface area contributed by atoms with E-state index in [1.54, 1.807) is 0 Å². The summed E-state index contributed by atoms with van der Waals surface area (Å²) in [6.07, 6.45) is 6.44. The molecule has 1 saturated heterocycles. The van der Waals surface area contributed by atoms with Gasteiger partial charge in [-0.05, 0) is 38.4 Å². The first-order chi connectivity index (χ1) is 13.7. The van der Waals surface area contributed by atoms with Crippen LogP contribution in [0.2, 0.25) is 0 Å². The van der Waals surface area contributed by atoms with Gasteiger partial charge in [0.25, 0.3) is 0 Å². The molecule has 28 heavy (non-hydrogen) atoms. The molecule has 1 N–H and O–H groups in total. The van der Waals surface area contributed by atoms with Gasteiger partial charge in [0.2, 0.25) is 0 Å². The number of rotatable bonds is 7. The molecule has 0 unspecified atom stereocenters. The fourth-order valence-corrected chi connectivity index (χ4v) is 4.33. The van der Waals surface area contributed by atoms with Gasteiger partial charge in [-0.15, -0.1) is 0 Å². The predicted molar refractivity (Wildman–Crippen MR) is 111 cm³/mol. The Balaban J connectivity index is 1.44. The summed E-state index contributed by atoms with van der Waals surface area (Å²) in [4.78, 5) is 12.1. The van der Waals surface area contributed by atoms with Gasteiger partial charge in [-0.25, -0.2) is 9.97 Å². The molecule has 2 fully saturated rings. The van der Waals surface area contributed by atoms with Crippen LogP contribution in [0.1, 0.15) is 51.3 Å². The fraction of sp³-hybridized carbons (Fsp3) is 0.636. The zero-order valence-corrected chi connectivity index (χ0v) is 17.1. The molecule has 1 aliphatic carbocycles. The number of fused-ring (bicyclic) bond motifs is 1. The Hall–Kier alpha value is -1.76. The van der Waals surface area contributed by atoms with Gasteiger partial charge in [-0.1, -0.05) is 25.5 Å². The number of unbranched alkanes of at least 4 members (excludes halogenated alkanes) is 1. The van der Waals surface area contributed by atoms with Crippen molar-refractivity contribution in [2.24, 2.45) is 0 Å². The highest BCUT2D eigenvalue weighted by atomic mass is 16.7. The van der Waals surface area contributed by atoms with E-state index < -0.39 is 0 Å². The molecule has 6 heteroatoms. The number of para-hydroxylation sites is 1. The van der Waals surface area contributed by atoms with Crippen LogP contribution in [0.25, 0.3) is 10.9 Å². The second kappa shape index (κ2) is 8.72. The van der Waals surface area contributed by atoms with Gasteiger partial charge >= 0.3 is 0 Å². The lowest BCUT2D eigenvalue weighted by Crippen LogP contribution is -2.42. The Bertz CT molecular complexity index is 781. The van der Waals surface area contributed by atoms with Gasteiger partial charge in [-0.3, -0.25) is 4.90 Å². The molecular weight excluding hydrogens is 352 g/mol. The molecule has 1 aliphatic heterocycles. The first-order valence-electron chi connectivity index (χ1n) is 10.7. The summed E-state index contributed by atoms with van der Waals surface area (Å²) in [5.74, 6) is 1.54. The second-order valence-electron chi connectivity index (χ2n) is 8.04. The predicted octanol–water partition coefficient (Wildman–Crippen LogP) is 3.96. The van der Waals surface area contributed by atoms with Crippen molar-refractivity contribution in [3.63, 3.8) is 0 Å². The van der Waals surface area contributed by atoms with Crippen molar-refractivity contribution < 1.29 is 9.47 Å². The zero-order valence-electron chi connectivity index (χ0n) is 17.1. The average Bonchev–Trinajstić information content (AvgIpc) is 3.16. The number of ether oxygens (including phenoxy) is 2. The molecule has 0 bridgehead atoms.